The SMILES string of the molecule is CC[C@@H](N)C(=O)Nc1ccc2c(c1)C(=O)NC2=O. The van der Waals surface area contributed by atoms with Gasteiger partial charge in [-0.05, 0) is 24.6 Å². The quantitative estimate of drug-likeness (QED) is 0.666. The zero-order valence-electron chi connectivity index (χ0n) is 9.82. The van der Waals surface area contributed by atoms with Crippen molar-refractivity contribution in [3.63, 3.8) is 0 Å². The Morgan fingerprint density at radius 3 is 2.67 bits per heavy atom. The van der Waals surface area contributed by atoms with Gasteiger partial charge in [0.15, 0.2) is 0 Å². The molecule has 0 aromatic heterocycles. The number of hydrogen-bond acceptors (Lipinski definition) is 4. The molecular weight excluding hydrogens is 234 g/mol. The van der Waals surface area contributed by atoms with Crippen molar-refractivity contribution in [3.05, 3.63) is 29.3 Å². The van der Waals surface area contributed by atoms with Gasteiger partial charge in [-0.15, -0.1) is 0 Å². The molecule has 0 unspecified atom stereocenters. The first-order valence-corrected chi connectivity index (χ1v) is 5.59. The molecule has 1 atom stereocenters. The second-order valence-corrected chi connectivity index (χ2v) is 4.05. The average Bonchev–Trinajstić information content (AvgIpc) is 2.63. The van der Waals surface area contributed by atoms with E-state index in [9.17, 15) is 14.4 Å². The van der Waals surface area contributed by atoms with Crippen LogP contribution in [0.2, 0.25) is 0 Å². The molecule has 0 aliphatic carbocycles. The van der Waals surface area contributed by atoms with E-state index >= 15 is 0 Å². The van der Waals surface area contributed by atoms with Gasteiger partial charge < -0.3 is 11.1 Å². The number of benzene rings is 1. The van der Waals surface area contributed by atoms with Crippen LogP contribution < -0.4 is 16.4 Å². The molecule has 1 aromatic rings. The van der Waals surface area contributed by atoms with Crippen molar-refractivity contribution in [1.82, 2.24) is 5.32 Å². The Kier molecular flexibility index (Phi) is 3.12. The Bertz CT molecular complexity index is 539. The van der Waals surface area contributed by atoms with Crippen LogP contribution in [0.1, 0.15) is 34.1 Å². The minimum atomic E-state index is -0.589. The molecule has 2 rings (SSSR count). The van der Waals surface area contributed by atoms with Gasteiger partial charge >= 0.3 is 0 Å². The van der Waals surface area contributed by atoms with Gasteiger partial charge in [-0.25, -0.2) is 0 Å². The number of nitrogens with one attached hydrogen (secondary N) is 2. The third-order valence-electron chi connectivity index (χ3n) is 2.78. The lowest BCUT2D eigenvalue weighted by Gasteiger charge is -2.10. The van der Waals surface area contributed by atoms with E-state index in [2.05, 4.69) is 10.6 Å². The van der Waals surface area contributed by atoms with Crippen LogP contribution in [0.25, 0.3) is 0 Å². The Balaban J connectivity index is 2.23. The highest BCUT2D eigenvalue weighted by molar-refractivity contribution is 6.22. The van der Waals surface area contributed by atoms with Crippen LogP contribution in [0.15, 0.2) is 18.2 Å². The van der Waals surface area contributed by atoms with E-state index in [1.54, 1.807) is 13.0 Å². The van der Waals surface area contributed by atoms with Crippen molar-refractivity contribution >= 4 is 23.4 Å². The summed E-state index contributed by atoms with van der Waals surface area (Å²) in [5, 5.41) is 4.78. The van der Waals surface area contributed by atoms with Crippen molar-refractivity contribution in [3.8, 4) is 0 Å². The molecule has 1 aliphatic rings. The Morgan fingerprint density at radius 2 is 2.00 bits per heavy atom. The maximum Gasteiger partial charge on any atom is 0.259 e. The highest BCUT2D eigenvalue weighted by atomic mass is 16.2. The lowest BCUT2D eigenvalue weighted by atomic mass is 10.1. The standard InChI is InChI=1S/C12H13N3O3/c1-2-9(13)12(18)14-6-3-4-7-8(5-6)11(17)15-10(7)16/h3-5,9H,2,13H2,1H3,(H,14,18)(H,15,16,17)/t9-/m1/s1. The van der Waals surface area contributed by atoms with E-state index in [0.29, 0.717) is 17.7 Å². The summed E-state index contributed by atoms with van der Waals surface area (Å²) in [6.45, 7) is 1.80. The van der Waals surface area contributed by atoms with Crippen LogP contribution in [0.4, 0.5) is 5.69 Å². The van der Waals surface area contributed by atoms with E-state index in [1.807, 2.05) is 0 Å². The first kappa shape index (κ1) is 12.3. The molecule has 0 spiro atoms. The fourth-order valence-electron chi connectivity index (χ4n) is 1.67. The average molecular weight is 247 g/mol. The third kappa shape index (κ3) is 2.10. The summed E-state index contributed by atoms with van der Waals surface area (Å²) >= 11 is 0. The predicted octanol–water partition coefficient (Wildman–Crippen LogP) is 0.246. The second kappa shape index (κ2) is 4.58. The van der Waals surface area contributed by atoms with Crippen molar-refractivity contribution < 1.29 is 14.4 Å². The zero-order valence-corrected chi connectivity index (χ0v) is 9.82. The summed E-state index contributed by atoms with van der Waals surface area (Å²) in [4.78, 5) is 34.3. The number of rotatable bonds is 3. The van der Waals surface area contributed by atoms with Gasteiger partial charge in [0.05, 0.1) is 17.2 Å². The molecule has 0 bridgehead atoms. The second-order valence-electron chi connectivity index (χ2n) is 4.05. The number of imide groups is 1. The van der Waals surface area contributed by atoms with E-state index in [0.717, 1.165) is 0 Å². The van der Waals surface area contributed by atoms with Crippen molar-refractivity contribution in [2.75, 3.05) is 5.32 Å². The summed E-state index contributed by atoms with van der Waals surface area (Å²) in [6.07, 6.45) is 0.524. The molecule has 0 radical (unpaired) electrons. The predicted molar refractivity (Wildman–Crippen MR) is 65.1 cm³/mol. The normalized spacial score (nSPS) is 15.0. The number of carbonyl (C=O) groups excluding carboxylic acids is 3. The Labute approximate surface area is 104 Å². The van der Waals surface area contributed by atoms with E-state index < -0.39 is 17.9 Å². The molecule has 0 saturated heterocycles. The molecular formula is C12H13N3O3. The largest absolute Gasteiger partial charge is 0.325 e. The molecule has 0 fully saturated rings. The molecule has 3 amide bonds. The monoisotopic (exact) mass is 247 g/mol. The molecule has 6 nitrogen and oxygen atoms in total. The lowest BCUT2D eigenvalue weighted by molar-refractivity contribution is -0.117. The third-order valence-corrected chi connectivity index (χ3v) is 2.78. The van der Waals surface area contributed by atoms with Gasteiger partial charge in [0.2, 0.25) is 5.91 Å². The maximum absolute atomic E-state index is 11.6. The summed E-state index contributed by atoms with van der Waals surface area (Å²) in [7, 11) is 0. The summed E-state index contributed by atoms with van der Waals surface area (Å²) in [5.74, 6) is -1.19. The van der Waals surface area contributed by atoms with E-state index in [4.69, 9.17) is 5.73 Å². The number of fused-ring (bicyclic) bond motifs is 1. The summed E-state index contributed by atoms with van der Waals surface area (Å²) < 4.78 is 0. The van der Waals surface area contributed by atoms with Crippen LogP contribution in [0.3, 0.4) is 0 Å². The van der Waals surface area contributed by atoms with E-state index in [1.165, 1.54) is 12.1 Å². The number of anilines is 1. The molecule has 18 heavy (non-hydrogen) atoms. The van der Waals surface area contributed by atoms with Crippen LogP contribution in [0.5, 0.6) is 0 Å². The zero-order chi connectivity index (χ0) is 13.3. The van der Waals surface area contributed by atoms with Gasteiger partial charge in [-0.2, -0.15) is 0 Å². The van der Waals surface area contributed by atoms with Gasteiger partial charge in [-0.1, -0.05) is 6.92 Å². The lowest BCUT2D eigenvalue weighted by Crippen LogP contribution is -2.34. The van der Waals surface area contributed by atoms with Crippen LogP contribution in [-0.4, -0.2) is 23.8 Å². The molecule has 1 heterocycles. The fourth-order valence-corrected chi connectivity index (χ4v) is 1.67. The first-order valence-electron chi connectivity index (χ1n) is 5.59. The summed E-state index contributed by atoms with van der Waals surface area (Å²) in [6, 6.07) is 3.95. The Morgan fingerprint density at radius 1 is 1.33 bits per heavy atom. The first-order chi connectivity index (χ1) is 8.52. The smallest absolute Gasteiger partial charge is 0.259 e. The Hall–Kier alpha value is -2.21. The van der Waals surface area contributed by atoms with Crippen molar-refractivity contribution in [2.24, 2.45) is 5.73 Å². The van der Waals surface area contributed by atoms with Crippen LogP contribution in [-0.2, 0) is 4.79 Å². The number of hydrogen-bond donors (Lipinski definition) is 3. The van der Waals surface area contributed by atoms with E-state index in [-0.39, 0.29) is 11.5 Å². The van der Waals surface area contributed by atoms with Gasteiger partial charge in [0.1, 0.15) is 0 Å². The van der Waals surface area contributed by atoms with Crippen LogP contribution in [0, 0.1) is 0 Å². The van der Waals surface area contributed by atoms with Crippen molar-refractivity contribution in [2.45, 2.75) is 19.4 Å². The minimum absolute atomic E-state index is 0.267. The topological polar surface area (TPSA) is 101 Å². The minimum Gasteiger partial charge on any atom is -0.325 e. The molecule has 0 saturated carbocycles. The highest BCUT2D eigenvalue weighted by Crippen LogP contribution is 2.20. The number of carbonyl (C=O) groups is 3. The molecule has 6 heteroatoms. The summed E-state index contributed by atoms with van der Waals surface area (Å²) in [5.41, 5.74) is 6.62. The van der Waals surface area contributed by atoms with Gasteiger partial charge in [0, 0.05) is 5.69 Å². The fraction of sp³-hybridized carbons (Fsp3) is 0.250. The number of amides is 3. The number of nitrogens with two attached hydrogens (primary N) is 1. The van der Waals surface area contributed by atoms with Crippen molar-refractivity contribution in [1.29, 1.82) is 0 Å². The van der Waals surface area contributed by atoms with Gasteiger partial charge in [0.25, 0.3) is 11.8 Å². The van der Waals surface area contributed by atoms with Crippen LogP contribution >= 0.6 is 0 Å². The highest BCUT2D eigenvalue weighted by Gasteiger charge is 2.26. The maximum atomic E-state index is 11.6. The molecule has 94 valence electrons. The molecule has 1 aromatic carbocycles. The molecule has 1 aliphatic heterocycles. The molecule has 4 N–H and O–H groups in total. The van der Waals surface area contributed by atoms with Gasteiger partial charge in [-0.3, -0.25) is 19.7 Å².